The van der Waals surface area contributed by atoms with Crippen molar-refractivity contribution in [1.82, 2.24) is 0 Å². The Kier molecular flexibility index (Phi) is 3.29. The van der Waals surface area contributed by atoms with Crippen LogP contribution in [0, 0.1) is 0 Å². The lowest BCUT2D eigenvalue weighted by Gasteiger charge is -2.00. The molecule has 0 atom stereocenters. The monoisotopic (exact) mass is 264 g/mol. The normalized spacial score (nSPS) is 14.6. The van der Waals surface area contributed by atoms with Crippen molar-refractivity contribution in [2.24, 2.45) is 10.7 Å². The maximum absolute atomic E-state index is 11.4. The summed E-state index contributed by atoms with van der Waals surface area (Å²) in [7, 11) is -2.65. The van der Waals surface area contributed by atoms with Crippen LogP contribution in [0.1, 0.15) is 18.9 Å². The highest BCUT2D eigenvalue weighted by atomic mass is 32.2. The van der Waals surface area contributed by atoms with E-state index in [2.05, 4.69) is 4.99 Å². The van der Waals surface area contributed by atoms with Crippen molar-refractivity contribution in [3.05, 3.63) is 29.3 Å². The van der Waals surface area contributed by atoms with Gasteiger partial charge in [0, 0.05) is 17.6 Å². The van der Waals surface area contributed by atoms with Crippen LogP contribution in [0.4, 0.5) is 5.69 Å². The molecule has 0 saturated carbocycles. The second-order valence-electron chi connectivity index (χ2n) is 4.01. The highest BCUT2D eigenvalue weighted by Crippen LogP contribution is 2.28. The summed E-state index contributed by atoms with van der Waals surface area (Å²) in [4.78, 5) is 15.7. The molecule has 0 amide bonds. The van der Waals surface area contributed by atoms with Crippen molar-refractivity contribution in [1.29, 1.82) is 0 Å². The largest absolute Gasteiger partial charge is 0.387 e. The fraction of sp³-hybridized carbons (Fsp3) is 0.167. The van der Waals surface area contributed by atoms with Crippen LogP contribution in [0.2, 0.25) is 0 Å². The number of nitrogens with two attached hydrogens (primary N) is 1. The van der Waals surface area contributed by atoms with Gasteiger partial charge in [-0.2, -0.15) is 0 Å². The third kappa shape index (κ3) is 2.48. The third-order valence-electron chi connectivity index (χ3n) is 2.64. The van der Waals surface area contributed by atoms with Crippen LogP contribution in [0.25, 0.3) is 6.08 Å². The van der Waals surface area contributed by atoms with Gasteiger partial charge in [-0.3, -0.25) is 4.79 Å². The fourth-order valence-electron chi connectivity index (χ4n) is 1.72. The van der Waals surface area contributed by atoms with Gasteiger partial charge in [0.2, 0.25) is 0 Å². The Balaban J connectivity index is 2.62. The molecule has 0 spiro atoms. The molecule has 1 aromatic carbocycles. The summed E-state index contributed by atoms with van der Waals surface area (Å²) < 4.78 is 21.8. The molecule has 0 radical (unpaired) electrons. The minimum absolute atomic E-state index is 0.0695. The number of carbonyl (C=O) groups is 1. The molecule has 2 N–H and O–H groups in total. The van der Waals surface area contributed by atoms with Gasteiger partial charge in [0.1, 0.15) is 5.84 Å². The summed E-state index contributed by atoms with van der Waals surface area (Å²) in [5.74, 6) is 0.230. The standard InChI is InChI=1S/C12H12N2O3S/c1-7(15)9-4-8-2-3-10(18(16)17)6-11(8)14-12(13)5-9/h2-4,6,18H,5H2,1H3,(H2,13,14). The molecule has 0 aliphatic carbocycles. The molecule has 0 bridgehead atoms. The molecular formula is C12H12N2O3S. The second kappa shape index (κ2) is 4.73. The van der Waals surface area contributed by atoms with Gasteiger partial charge in [-0.25, -0.2) is 13.4 Å². The Morgan fingerprint density at radius 1 is 1.39 bits per heavy atom. The summed E-state index contributed by atoms with van der Waals surface area (Å²) in [6, 6.07) is 4.56. The van der Waals surface area contributed by atoms with E-state index in [9.17, 15) is 13.2 Å². The number of ketones is 1. The Bertz CT molecular complexity index is 649. The van der Waals surface area contributed by atoms with Crippen molar-refractivity contribution in [3.63, 3.8) is 0 Å². The van der Waals surface area contributed by atoms with Gasteiger partial charge in [-0.1, -0.05) is 6.07 Å². The summed E-state index contributed by atoms with van der Waals surface area (Å²) in [6.45, 7) is 1.47. The molecule has 1 heterocycles. The molecule has 18 heavy (non-hydrogen) atoms. The van der Waals surface area contributed by atoms with Crippen LogP contribution < -0.4 is 5.73 Å². The highest BCUT2D eigenvalue weighted by molar-refractivity contribution is 7.72. The Morgan fingerprint density at radius 2 is 2.11 bits per heavy atom. The lowest BCUT2D eigenvalue weighted by atomic mass is 10.0. The molecule has 1 aliphatic heterocycles. The van der Waals surface area contributed by atoms with Crippen molar-refractivity contribution >= 4 is 34.1 Å². The van der Waals surface area contributed by atoms with Crippen LogP contribution in [-0.2, 0) is 15.5 Å². The van der Waals surface area contributed by atoms with Gasteiger partial charge in [0.15, 0.2) is 16.5 Å². The first-order valence-corrected chi connectivity index (χ1v) is 6.48. The van der Waals surface area contributed by atoms with Gasteiger partial charge < -0.3 is 5.73 Å². The minimum Gasteiger partial charge on any atom is -0.387 e. The van der Waals surface area contributed by atoms with Crippen molar-refractivity contribution in [2.45, 2.75) is 18.2 Å². The predicted octanol–water partition coefficient (Wildman–Crippen LogP) is 1.02. The molecule has 1 aromatic rings. The number of rotatable bonds is 2. The van der Waals surface area contributed by atoms with Crippen molar-refractivity contribution in [2.75, 3.05) is 0 Å². The van der Waals surface area contributed by atoms with Gasteiger partial charge in [0.05, 0.1) is 10.6 Å². The maximum atomic E-state index is 11.4. The fourth-order valence-corrected chi connectivity index (χ4v) is 2.14. The molecule has 6 heteroatoms. The first kappa shape index (κ1) is 12.5. The highest BCUT2D eigenvalue weighted by Gasteiger charge is 2.13. The van der Waals surface area contributed by atoms with E-state index in [0.717, 1.165) is 0 Å². The maximum Gasteiger partial charge on any atom is 0.168 e. The van der Waals surface area contributed by atoms with Gasteiger partial charge in [0.25, 0.3) is 0 Å². The number of benzene rings is 1. The van der Waals surface area contributed by atoms with Crippen LogP contribution >= 0.6 is 0 Å². The zero-order chi connectivity index (χ0) is 13.3. The average Bonchev–Trinajstić information content (AvgIpc) is 2.45. The number of aliphatic imine (C=N–C) groups is 1. The zero-order valence-corrected chi connectivity index (χ0v) is 10.6. The number of hydrogen-bond donors (Lipinski definition) is 2. The van der Waals surface area contributed by atoms with E-state index >= 15 is 0 Å². The van der Waals surface area contributed by atoms with Crippen molar-refractivity contribution in [3.8, 4) is 0 Å². The minimum atomic E-state index is -2.65. The van der Waals surface area contributed by atoms with Crippen LogP contribution in [-0.4, -0.2) is 20.0 Å². The molecule has 0 unspecified atom stereocenters. The Morgan fingerprint density at radius 3 is 2.72 bits per heavy atom. The van der Waals surface area contributed by atoms with E-state index in [4.69, 9.17) is 5.73 Å². The zero-order valence-electron chi connectivity index (χ0n) is 9.71. The number of fused-ring (bicyclic) bond motifs is 1. The number of nitrogens with zero attached hydrogens (tertiary/aromatic N) is 1. The number of thiol groups is 1. The van der Waals surface area contributed by atoms with Gasteiger partial charge >= 0.3 is 0 Å². The smallest absolute Gasteiger partial charge is 0.168 e. The molecule has 0 aromatic heterocycles. The lowest BCUT2D eigenvalue weighted by Crippen LogP contribution is -2.13. The van der Waals surface area contributed by atoms with Gasteiger partial charge in [-0.15, -0.1) is 0 Å². The van der Waals surface area contributed by atoms with E-state index in [1.807, 2.05) is 0 Å². The van der Waals surface area contributed by atoms with E-state index in [0.29, 0.717) is 22.7 Å². The molecular weight excluding hydrogens is 252 g/mol. The van der Waals surface area contributed by atoms with E-state index in [-0.39, 0.29) is 17.1 Å². The topological polar surface area (TPSA) is 89.6 Å². The molecule has 5 nitrogen and oxygen atoms in total. The molecule has 1 aliphatic rings. The quantitative estimate of drug-likeness (QED) is 0.780. The molecule has 94 valence electrons. The summed E-state index contributed by atoms with van der Waals surface area (Å²) in [5, 5.41) is 0. The molecule has 2 rings (SSSR count). The van der Waals surface area contributed by atoms with Crippen LogP contribution in [0.5, 0.6) is 0 Å². The summed E-state index contributed by atoms with van der Waals surface area (Å²) >= 11 is 0. The number of hydrogen-bond acceptors (Lipinski definition) is 5. The van der Waals surface area contributed by atoms with E-state index in [1.165, 1.54) is 19.1 Å². The number of amidine groups is 1. The molecule has 0 fully saturated rings. The van der Waals surface area contributed by atoms with Crippen LogP contribution in [0.3, 0.4) is 0 Å². The van der Waals surface area contributed by atoms with E-state index < -0.39 is 10.7 Å². The second-order valence-corrected chi connectivity index (χ2v) is 5.04. The Hall–Kier alpha value is -1.95. The first-order chi connectivity index (χ1) is 8.47. The van der Waals surface area contributed by atoms with Crippen molar-refractivity contribution < 1.29 is 13.2 Å². The number of carbonyl (C=O) groups excluding carboxylic acids is 1. The van der Waals surface area contributed by atoms with Gasteiger partial charge in [-0.05, 0) is 25.1 Å². The SMILES string of the molecule is CC(=O)C1=Cc2ccc([SH](=O)=O)cc2N=C(N)C1. The summed E-state index contributed by atoms with van der Waals surface area (Å²) in [5.41, 5.74) is 7.44. The average molecular weight is 264 g/mol. The Labute approximate surface area is 106 Å². The van der Waals surface area contributed by atoms with Crippen LogP contribution in [0.15, 0.2) is 33.7 Å². The first-order valence-electron chi connectivity index (χ1n) is 5.30. The van der Waals surface area contributed by atoms with E-state index in [1.54, 1.807) is 12.1 Å². The third-order valence-corrected chi connectivity index (χ3v) is 3.34. The lowest BCUT2D eigenvalue weighted by molar-refractivity contribution is -0.113. The summed E-state index contributed by atoms with van der Waals surface area (Å²) in [6.07, 6.45) is 1.98. The predicted molar refractivity (Wildman–Crippen MR) is 69.6 cm³/mol. The molecule has 0 saturated heterocycles. The number of Topliss-reactive ketones (excluding diaryl/α,β-unsaturated/α-hetero) is 1.